The van der Waals surface area contributed by atoms with Gasteiger partial charge in [-0.15, -0.1) is 15.3 Å². The first-order valence-electron chi connectivity index (χ1n) is 8.96. The predicted octanol–water partition coefficient (Wildman–Crippen LogP) is 3.11. The van der Waals surface area contributed by atoms with Gasteiger partial charge in [0.15, 0.2) is 11.5 Å². The zero-order chi connectivity index (χ0) is 16.6. The lowest BCUT2D eigenvalue weighted by Gasteiger charge is -2.35. The van der Waals surface area contributed by atoms with Crippen molar-refractivity contribution in [2.75, 3.05) is 31.2 Å². The first-order chi connectivity index (χ1) is 12.4. The summed E-state index contributed by atoms with van der Waals surface area (Å²) in [6.07, 6.45) is 3.73. The largest absolute Gasteiger partial charge is 0.381 e. The maximum atomic E-state index is 5.60. The molecule has 5 rings (SSSR count). The van der Waals surface area contributed by atoms with Crippen LogP contribution in [0, 0.1) is 11.8 Å². The molecule has 2 fully saturated rings. The van der Waals surface area contributed by atoms with Crippen molar-refractivity contribution in [3.63, 3.8) is 0 Å². The van der Waals surface area contributed by atoms with Gasteiger partial charge in [0.1, 0.15) is 5.82 Å². The lowest BCUT2D eigenvalue weighted by atomic mass is 9.85. The van der Waals surface area contributed by atoms with E-state index in [4.69, 9.17) is 9.84 Å². The van der Waals surface area contributed by atoms with E-state index in [-0.39, 0.29) is 0 Å². The molecule has 0 saturated carbocycles. The summed E-state index contributed by atoms with van der Waals surface area (Å²) in [6.45, 7) is 4.00. The molecular weight excluding hydrogens is 334 g/mol. The van der Waals surface area contributed by atoms with Crippen molar-refractivity contribution in [3.8, 4) is 11.4 Å². The Hall–Kier alpha value is -1.99. The van der Waals surface area contributed by atoms with Crippen LogP contribution in [-0.2, 0) is 4.74 Å². The molecule has 2 atom stereocenters. The molecule has 5 heterocycles. The summed E-state index contributed by atoms with van der Waals surface area (Å²) in [5.41, 5.74) is 1.87. The van der Waals surface area contributed by atoms with Crippen LogP contribution < -0.4 is 4.90 Å². The number of fused-ring (bicyclic) bond motifs is 1. The predicted molar refractivity (Wildman–Crippen MR) is 98.0 cm³/mol. The minimum absolute atomic E-state index is 0.711. The second-order valence-corrected chi connectivity index (χ2v) is 7.75. The molecule has 25 heavy (non-hydrogen) atoms. The molecule has 2 saturated heterocycles. The van der Waals surface area contributed by atoms with Gasteiger partial charge < -0.3 is 9.64 Å². The Bertz CT molecular complexity index is 856. The van der Waals surface area contributed by atoms with Crippen LogP contribution in [0.3, 0.4) is 0 Å². The van der Waals surface area contributed by atoms with Crippen LogP contribution in [0.1, 0.15) is 19.3 Å². The summed E-state index contributed by atoms with van der Waals surface area (Å²) >= 11 is 1.66. The fourth-order valence-electron chi connectivity index (χ4n) is 4.05. The lowest BCUT2D eigenvalue weighted by Crippen LogP contribution is -2.39. The van der Waals surface area contributed by atoms with Crippen LogP contribution in [-0.4, -0.2) is 46.1 Å². The Morgan fingerprint density at radius 2 is 2.12 bits per heavy atom. The maximum absolute atomic E-state index is 5.60. The summed E-state index contributed by atoms with van der Waals surface area (Å²) in [5, 5.41) is 17.6. The van der Waals surface area contributed by atoms with Gasteiger partial charge >= 0.3 is 0 Å². The smallest absolute Gasteiger partial charge is 0.186 e. The fraction of sp³-hybridized carbons (Fsp3) is 0.500. The van der Waals surface area contributed by atoms with Crippen LogP contribution in [0.5, 0.6) is 0 Å². The average molecular weight is 355 g/mol. The molecule has 6 nitrogen and oxygen atoms in total. The Balaban J connectivity index is 1.45. The number of nitrogens with zero attached hydrogens (tertiary/aromatic N) is 5. The fourth-order valence-corrected chi connectivity index (χ4v) is 4.68. The molecule has 2 aliphatic rings. The highest BCUT2D eigenvalue weighted by atomic mass is 32.1. The summed E-state index contributed by atoms with van der Waals surface area (Å²) in [5.74, 6) is 3.26. The van der Waals surface area contributed by atoms with E-state index in [1.807, 2.05) is 10.6 Å². The lowest BCUT2D eigenvalue weighted by molar-refractivity contribution is 0.167. The van der Waals surface area contributed by atoms with E-state index in [1.165, 1.54) is 19.3 Å². The van der Waals surface area contributed by atoms with Crippen LogP contribution in [0.15, 0.2) is 29.0 Å². The summed E-state index contributed by atoms with van der Waals surface area (Å²) < 4.78 is 7.48. The third-order valence-corrected chi connectivity index (χ3v) is 6.12. The minimum Gasteiger partial charge on any atom is -0.381 e. The number of hydrogen-bond donors (Lipinski definition) is 0. The molecule has 0 radical (unpaired) electrons. The minimum atomic E-state index is 0.711. The first kappa shape index (κ1) is 15.3. The second-order valence-electron chi connectivity index (χ2n) is 6.97. The molecule has 0 N–H and O–H groups in total. The molecule has 0 aliphatic carbocycles. The Morgan fingerprint density at radius 3 is 2.96 bits per heavy atom. The van der Waals surface area contributed by atoms with E-state index >= 15 is 0 Å². The molecule has 0 amide bonds. The molecule has 0 spiro atoms. The van der Waals surface area contributed by atoms with Gasteiger partial charge in [0, 0.05) is 37.2 Å². The van der Waals surface area contributed by atoms with Crippen LogP contribution >= 0.6 is 11.3 Å². The second kappa shape index (κ2) is 6.38. The zero-order valence-electron chi connectivity index (χ0n) is 14.0. The quantitative estimate of drug-likeness (QED) is 0.723. The normalized spacial score (nSPS) is 24.2. The van der Waals surface area contributed by atoms with E-state index in [2.05, 4.69) is 38.0 Å². The zero-order valence-corrected chi connectivity index (χ0v) is 14.9. The van der Waals surface area contributed by atoms with Gasteiger partial charge in [-0.25, -0.2) is 0 Å². The molecule has 7 heteroatoms. The highest BCUT2D eigenvalue weighted by molar-refractivity contribution is 7.08. The number of thiophene rings is 1. The van der Waals surface area contributed by atoms with E-state index in [0.29, 0.717) is 11.8 Å². The standard InChI is InChI=1S/C18H21N5OS/c1-2-13(14-5-8-24-11-14)10-22(7-1)17-4-3-16-19-20-18(23(16)21-17)15-6-9-25-12-15/h3-4,6,9,12-14H,1-2,5,7-8,10-11H2. The van der Waals surface area contributed by atoms with Crippen molar-refractivity contribution in [2.45, 2.75) is 19.3 Å². The molecule has 2 unspecified atom stereocenters. The average Bonchev–Trinajstić information content (AvgIpc) is 3.41. The van der Waals surface area contributed by atoms with Gasteiger partial charge in [0.2, 0.25) is 0 Å². The molecule has 3 aromatic rings. The Morgan fingerprint density at radius 1 is 1.12 bits per heavy atom. The number of aromatic nitrogens is 4. The topological polar surface area (TPSA) is 55.5 Å². The number of rotatable bonds is 3. The SMILES string of the molecule is c1cc(-c2nnc3ccc(N4CCCC(C5CCOC5)C4)nn23)cs1. The monoisotopic (exact) mass is 355 g/mol. The van der Waals surface area contributed by atoms with E-state index in [0.717, 1.165) is 49.2 Å². The molecule has 0 aromatic carbocycles. The number of ether oxygens (including phenoxy) is 1. The number of anilines is 1. The maximum Gasteiger partial charge on any atom is 0.186 e. The van der Waals surface area contributed by atoms with Gasteiger partial charge in [-0.3, -0.25) is 0 Å². The van der Waals surface area contributed by atoms with E-state index in [9.17, 15) is 0 Å². The van der Waals surface area contributed by atoms with Crippen LogP contribution in [0.4, 0.5) is 5.82 Å². The summed E-state index contributed by atoms with van der Waals surface area (Å²) in [7, 11) is 0. The first-order valence-corrected chi connectivity index (χ1v) is 9.90. The summed E-state index contributed by atoms with van der Waals surface area (Å²) in [4.78, 5) is 2.42. The Labute approximate surface area is 150 Å². The highest BCUT2D eigenvalue weighted by Crippen LogP contribution is 2.31. The van der Waals surface area contributed by atoms with Gasteiger partial charge in [-0.05, 0) is 54.7 Å². The number of hydrogen-bond acceptors (Lipinski definition) is 6. The van der Waals surface area contributed by atoms with E-state index < -0.39 is 0 Å². The van der Waals surface area contributed by atoms with Gasteiger partial charge in [-0.1, -0.05) is 0 Å². The molecule has 3 aromatic heterocycles. The third-order valence-electron chi connectivity index (χ3n) is 5.44. The number of piperidine rings is 1. The van der Waals surface area contributed by atoms with Crippen molar-refractivity contribution >= 4 is 22.8 Å². The molecular formula is C18H21N5OS. The third kappa shape index (κ3) is 2.81. The van der Waals surface area contributed by atoms with Crippen LogP contribution in [0.25, 0.3) is 17.0 Å². The molecule has 0 bridgehead atoms. The van der Waals surface area contributed by atoms with Crippen molar-refractivity contribution in [1.29, 1.82) is 0 Å². The molecule has 2 aliphatic heterocycles. The highest BCUT2D eigenvalue weighted by Gasteiger charge is 2.30. The van der Waals surface area contributed by atoms with Crippen molar-refractivity contribution in [1.82, 2.24) is 19.8 Å². The van der Waals surface area contributed by atoms with Crippen LogP contribution in [0.2, 0.25) is 0 Å². The van der Waals surface area contributed by atoms with E-state index in [1.54, 1.807) is 11.3 Å². The van der Waals surface area contributed by atoms with Gasteiger partial charge in [0.05, 0.1) is 0 Å². The Kier molecular flexibility index (Phi) is 3.90. The van der Waals surface area contributed by atoms with Crippen molar-refractivity contribution in [3.05, 3.63) is 29.0 Å². The van der Waals surface area contributed by atoms with Gasteiger partial charge in [-0.2, -0.15) is 15.9 Å². The molecule has 130 valence electrons. The van der Waals surface area contributed by atoms with Crippen molar-refractivity contribution in [2.24, 2.45) is 11.8 Å². The van der Waals surface area contributed by atoms with Gasteiger partial charge in [0.25, 0.3) is 0 Å². The summed E-state index contributed by atoms with van der Waals surface area (Å²) in [6, 6.07) is 6.16. The van der Waals surface area contributed by atoms with Crippen molar-refractivity contribution < 1.29 is 4.74 Å².